The predicted molar refractivity (Wildman–Crippen MR) is 193 cm³/mol. The second-order valence-electron chi connectivity index (χ2n) is 12.6. The molecule has 1 N–H and O–H groups in total. The molecule has 3 amide bonds. The van der Waals surface area contributed by atoms with Crippen LogP contribution in [0.15, 0.2) is 91.0 Å². The number of hydrogen-bond acceptors (Lipinski definition) is 5. The largest absolute Gasteiger partial charge is 0.491 e. The molecular weight excluding hydrogens is 600 g/mol. The smallest absolute Gasteiger partial charge is 0.258 e. The number of rotatable bonds is 12. The second kappa shape index (κ2) is 16.2. The highest BCUT2D eigenvalue weighted by Crippen LogP contribution is 2.31. The van der Waals surface area contributed by atoms with Crippen LogP contribution in [-0.4, -0.2) is 74.4 Å². The number of piperazine rings is 1. The maximum absolute atomic E-state index is 13.5. The van der Waals surface area contributed by atoms with E-state index in [1.54, 1.807) is 36.2 Å². The number of carbonyl (C=O) groups excluding carboxylic acids is 3. The van der Waals surface area contributed by atoms with E-state index >= 15 is 0 Å². The lowest BCUT2D eigenvalue weighted by molar-refractivity contribution is -0.132. The van der Waals surface area contributed by atoms with Gasteiger partial charge >= 0.3 is 0 Å². The van der Waals surface area contributed by atoms with Crippen LogP contribution in [0.1, 0.15) is 57.5 Å². The van der Waals surface area contributed by atoms with Gasteiger partial charge in [-0.1, -0.05) is 54.1 Å². The van der Waals surface area contributed by atoms with Crippen molar-refractivity contribution in [2.24, 2.45) is 0 Å². The SMILES string of the molecule is Cc1ccc(-c2ccccc2C(=O)Nc2ccc(C(=O)N(C)c3ccc(C)cc3OCCCCCC(=O)N3CCN(C)CC3)cc2)cc1. The van der Waals surface area contributed by atoms with Gasteiger partial charge in [0, 0.05) is 56.5 Å². The summed E-state index contributed by atoms with van der Waals surface area (Å²) in [5.41, 5.74) is 6.38. The number of aryl methyl sites for hydroxylation is 2. The molecular formula is C40H46N4O4. The van der Waals surface area contributed by atoms with Gasteiger partial charge < -0.3 is 24.8 Å². The van der Waals surface area contributed by atoms with E-state index in [2.05, 4.69) is 17.3 Å². The third-order valence-electron chi connectivity index (χ3n) is 8.85. The molecule has 250 valence electrons. The Bertz CT molecular complexity index is 1710. The highest BCUT2D eigenvalue weighted by atomic mass is 16.5. The summed E-state index contributed by atoms with van der Waals surface area (Å²) < 4.78 is 6.17. The van der Waals surface area contributed by atoms with Crippen molar-refractivity contribution in [3.05, 3.63) is 113 Å². The fourth-order valence-corrected chi connectivity index (χ4v) is 5.83. The fraction of sp³-hybridized carbons (Fsp3) is 0.325. The molecule has 48 heavy (non-hydrogen) atoms. The van der Waals surface area contributed by atoms with E-state index in [0.29, 0.717) is 41.3 Å². The first kappa shape index (κ1) is 34.4. The van der Waals surface area contributed by atoms with Crippen molar-refractivity contribution < 1.29 is 19.1 Å². The third kappa shape index (κ3) is 8.89. The van der Waals surface area contributed by atoms with Crippen LogP contribution in [0.2, 0.25) is 0 Å². The first-order chi connectivity index (χ1) is 23.2. The molecule has 1 saturated heterocycles. The molecule has 5 rings (SSSR count). The predicted octanol–water partition coefficient (Wildman–Crippen LogP) is 7.21. The summed E-state index contributed by atoms with van der Waals surface area (Å²) in [6, 6.07) is 28.4. The summed E-state index contributed by atoms with van der Waals surface area (Å²) in [6.07, 6.45) is 3.13. The van der Waals surface area contributed by atoms with E-state index in [-0.39, 0.29) is 17.7 Å². The van der Waals surface area contributed by atoms with Crippen molar-refractivity contribution in [2.75, 3.05) is 57.1 Å². The van der Waals surface area contributed by atoms with E-state index in [4.69, 9.17) is 4.74 Å². The first-order valence-electron chi connectivity index (χ1n) is 16.7. The van der Waals surface area contributed by atoms with Gasteiger partial charge in [-0.2, -0.15) is 0 Å². The summed E-state index contributed by atoms with van der Waals surface area (Å²) in [5.74, 6) is 0.485. The van der Waals surface area contributed by atoms with Gasteiger partial charge in [-0.15, -0.1) is 0 Å². The van der Waals surface area contributed by atoms with Gasteiger partial charge in [-0.05, 0) is 99.3 Å². The number of amides is 3. The molecule has 8 heteroatoms. The molecule has 0 saturated carbocycles. The fourth-order valence-electron chi connectivity index (χ4n) is 5.83. The van der Waals surface area contributed by atoms with E-state index in [0.717, 1.165) is 67.7 Å². The van der Waals surface area contributed by atoms with Crippen molar-refractivity contribution >= 4 is 29.1 Å². The third-order valence-corrected chi connectivity index (χ3v) is 8.85. The average Bonchev–Trinajstić information content (AvgIpc) is 3.10. The second-order valence-corrected chi connectivity index (χ2v) is 12.6. The van der Waals surface area contributed by atoms with Crippen LogP contribution in [-0.2, 0) is 4.79 Å². The molecule has 1 aliphatic rings. The minimum atomic E-state index is -0.217. The van der Waals surface area contributed by atoms with Crippen molar-refractivity contribution in [1.29, 1.82) is 0 Å². The molecule has 0 bridgehead atoms. The van der Waals surface area contributed by atoms with Gasteiger partial charge in [-0.3, -0.25) is 14.4 Å². The van der Waals surface area contributed by atoms with Crippen LogP contribution >= 0.6 is 0 Å². The van der Waals surface area contributed by atoms with Gasteiger partial charge in [0.1, 0.15) is 5.75 Å². The first-order valence-corrected chi connectivity index (χ1v) is 16.7. The molecule has 0 unspecified atom stereocenters. The van der Waals surface area contributed by atoms with Crippen molar-refractivity contribution in [3.63, 3.8) is 0 Å². The lowest BCUT2D eigenvalue weighted by atomic mass is 9.98. The minimum Gasteiger partial charge on any atom is -0.491 e. The molecule has 4 aromatic rings. The van der Waals surface area contributed by atoms with Crippen LogP contribution in [0.3, 0.4) is 0 Å². The Morgan fingerprint density at radius 2 is 1.48 bits per heavy atom. The highest BCUT2D eigenvalue weighted by molar-refractivity contribution is 6.09. The average molecular weight is 647 g/mol. The lowest BCUT2D eigenvalue weighted by Gasteiger charge is -2.32. The zero-order valence-corrected chi connectivity index (χ0v) is 28.5. The number of carbonyl (C=O) groups is 3. The van der Waals surface area contributed by atoms with Crippen LogP contribution in [0.5, 0.6) is 5.75 Å². The minimum absolute atomic E-state index is 0.186. The van der Waals surface area contributed by atoms with E-state index in [1.807, 2.05) is 85.5 Å². The van der Waals surface area contributed by atoms with Crippen molar-refractivity contribution in [3.8, 4) is 16.9 Å². The summed E-state index contributed by atoms with van der Waals surface area (Å²) in [7, 11) is 3.82. The van der Waals surface area contributed by atoms with E-state index < -0.39 is 0 Å². The van der Waals surface area contributed by atoms with Gasteiger partial charge in [0.05, 0.1) is 12.3 Å². The van der Waals surface area contributed by atoms with Crippen LogP contribution in [0, 0.1) is 13.8 Å². The topological polar surface area (TPSA) is 82.2 Å². The summed E-state index contributed by atoms with van der Waals surface area (Å²) >= 11 is 0. The molecule has 4 aromatic carbocycles. The molecule has 0 aliphatic carbocycles. The maximum atomic E-state index is 13.5. The van der Waals surface area contributed by atoms with E-state index in [1.165, 1.54) is 0 Å². The van der Waals surface area contributed by atoms with Crippen LogP contribution < -0.4 is 15.0 Å². The van der Waals surface area contributed by atoms with Crippen molar-refractivity contribution in [1.82, 2.24) is 9.80 Å². The van der Waals surface area contributed by atoms with Gasteiger partial charge in [0.15, 0.2) is 0 Å². The Balaban J connectivity index is 1.15. The van der Waals surface area contributed by atoms with E-state index in [9.17, 15) is 14.4 Å². The monoisotopic (exact) mass is 646 g/mol. The molecule has 0 aromatic heterocycles. The number of benzene rings is 4. The number of nitrogens with one attached hydrogen (secondary N) is 1. The Labute approximate surface area is 284 Å². The zero-order valence-electron chi connectivity index (χ0n) is 28.5. The molecule has 1 fully saturated rings. The number of likely N-dealkylation sites (N-methyl/N-ethyl adjacent to an activating group) is 1. The van der Waals surface area contributed by atoms with Crippen molar-refractivity contribution in [2.45, 2.75) is 39.5 Å². The summed E-state index contributed by atoms with van der Waals surface area (Å²) in [4.78, 5) is 45.1. The number of ether oxygens (including phenoxy) is 1. The number of hydrogen-bond donors (Lipinski definition) is 1. The maximum Gasteiger partial charge on any atom is 0.258 e. The quantitative estimate of drug-likeness (QED) is 0.165. The highest BCUT2D eigenvalue weighted by Gasteiger charge is 2.20. The van der Waals surface area contributed by atoms with Gasteiger partial charge in [-0.25, -0.2) is 0 Å². The number of anilines is 2. The molecule has 0 radical (unpaired) electrons. The molecule has 0 atom stereocenters. The molecule has 1 aliphatic heterocycles. The Morgan fingerprint density at radius 3 is 2.21 bits per heavy atom. The molecule has 1 heterocycles. The van der Waals surface area contributed by atoms with Crippen LogP contribution in [0.25, 0.3) is 11.1 Å². The molecule has 0 spiro atoms. The number of unbranched alkanes of at least 4 members (excludes halogenated alkanes) is 2. The lowest BCUT2D eigenvalue weighted by Crippen LogP contribution is -2.47. The van der Waals surface area contributed by atoms with Crippen LogP contribution in [0.4, 0.5) is 11.4 Å². The zero-order chi connectivity index (χ0) is 34.0. The normalized spacial score (nSPS) is 13.2. The Kier molecular flexibility index (Phi) is 11.6. The summed E-state index contributed by atoms with van der Waals surface area (Å²) in [6.45, 7) is 8.02. The molecule has 8 nitrogen and oxygen atoms in total. The Hall–Kier alpha value is -4.95. The Morgan fingerprint density at radius 1 is 0.792 bits per heavy atom. The summed E-state index contributed by atoms with van der Waals surface area (Å²) in [5, 5.41) is 2.98. The number of nitrogens with zero attached hydrogens (tertiary/aromatic N) is 3. The van der Waals surface area contributed by atoms with Gasteiger partial charge in [0.25, 0.3) is 11.8 Å². The standard InChI is InChI=1S/C40H46N4O4/c1-29-13-16-31(17-14-29)34-10-7-8-11-35(34)39(46)41-33-20-18-32(19-21-33)40(47)43(4)36-22-15-30(2)28-37(36)48-27-9-5-6-12-38(45)44-25-23-42(3)24-26-44/h7-8,10-11,13-22,28H,5-6,9,12,23-27H2,1-4H3,(H,41,46). The van der Waals surface area contributed by atoms with Gasteiger partial charge in [0.2, 0.25) is 5.91 Å².